The molecule has 1 saturated heterocycles. The van der Waals surface area contributed by atoms with Crippen LogP contribution >= 0.6 is 0 Å². The van der Waals surface area contributed by atoms with Crippen LogP contribution in [0.5, 0.6) is 11.5 Å². The highest BCUT2D eigenvalue weighted by atomic mass is 16.3. The quantitative estimate of drug-likeness (QED) is 0.779. The van der Waals surface area contributed by atoms with Crippen LogP contribution in [0.25, 0.3) is 0 Å². The molecule has 4 heteroatoms. The second kappa shape index (κ2) is 6.26. The minimum Gasteiger partial charge on any atom is -0.507 e. The van der Waals surface area contributed by atoms with Gasteiger partial charge in [-0.15, -0.1) is 0 Å². The van der Waals surface area contributed by atoms with Crippen molar-refractivity contribution < 1.29 is 10.2 Å². The van der Waals surface area contributed by atoms with E-state index < -0.39 is 0 Å². The van der Waals surface area contributed by atoms with Crippen molar-refractivity contribution in [3.8, 4) is 11.5 Å². The molecular weight excluding hydrogens is 240 g/mol. The van der Waals surface area contributed by atoms with E-state index >= 15 is 0 Å². The molecule has 1 aromatic carbocycles. The Hall–Kier alpha value is -1.26. The highest BCUT2D eigenvalue weighted by Gasteiger charge is 2.22. The third kappa shape index (κ3) is 3.39. The molecule has 1 heterocycles. The van der Waals surface area contributed by atoms with Crippen LogP contribution in [0, 0.1) is 5.92 Å². The molecule has 0 bridgehead atoms. The van der Waals surface area contributed by atoms with E-state index in [1.807, 2.05) is 6.92 Å². The van der Waals surface area contributed by atoms with Crippen LogP contribution < -0.4 is 5.32 Å². The third-order valence-corrected chi connectivity index (χ3v) is 4.14. The SMILES string of the molecule is CC(c1c(O)cccc1O)N(C)CC1CCNCC1. The molecule has 0 saturated carbocycles. The van der Waals surface area contributed by atoms with Gasteiger partial charge < -0.3 is 15.5 Å². The Balaban J connectivity index is 2.03. The number of phenols is 2. The molecule has 1 aliphatic heterocycles. The molecular formula is C15H24N2O2. The van der Waals surface area contributed by atoms with Crippen LogP contribution in [-0.2, 0) is 0 Å². The van der Waals surface area contributed by atoms with Crippen molar-refractivity contribution in [2.24, 2.45) is 5.92 Å². The summed E-state index contributed by atoms with van der Waals surface area (Å²) in [7, 11) is 2.05. The molecule has 19 heavy (non-hydrogen) atoms. The van der Waals surface area contributed by atoms with Crippen LogP contribution in [0.2, 0.25) is 0 Å². The molecule has 1 atom stereocenters. The van der Waals surface area contributed by atoms with Gasteiger partial charge in [-0.3, -0.25) is 4.90 Å². The van der Waals surface area contributed by atoms with Gasteiger partial charge >= 0.3 is 0 Å². The summed E-state index contributed by atoms with van der Waals surface area (Å²) in [6.45, 7) is 5.20. The molecule has 4 nitrogen and oxygen atoms in total. The van der Waals surface area contributed by atoms with Gasteiger partial charge in [0.1, 0.15) is 11.5 Å². The Morgan fingerprint density at radius 2 is 1.84 bits per heavy atom. The zero-order valence-electron chi connectivity index (χ0n) is 11.8. The number of aromatic hydroxyl groups is 2. The second-order valence-electron chi connectivity index (χ2n) is 5.52. The van der Waals surface area contributed by atoms with E-state index in [0.717, 1.165) is 19.6 Å². The van der Waals surface area contributed by atoms with E-state index in [4.69, 9.17) is 0 Å². The van der Waals surface area contributed by atoms with Gasteiger partial charge in [0.2, 0.25) is 0 Å². The summed E-state index contributed by atoms with van der Waals surface area (Å²) < 4.78 is 0. The van der Waals surface area contributed by atoms with E-state index in [2.05, 4.69) is 17.3 Å². The zero-order valence-corrected chi connectivity index (χ0v) is 11.8. The summed E-state index contributed by atoms with van der Waals surface area (Å²) in [5.41, 5.74) is 0.624. The number of nitrogens with one attached hydrogen (secondary N) is 1. The number of phenolic OH excluding ortho intramolecular Hbond substituents is 2. The summed E-state index contributed by atoms with van der Waals surface area (Å²) in [5.74, 6) is 1.04. The van der Waals surface area contributed by atoms with Crippen LogP contribution in [0.1, 0.15) is 31.4 Å². The van der Waals surface area contributed by atoms with Crippen molar-refractivity contribution in [2.75, 3.05) is 26.7 Å². The van der Waals surface area contributed by atoms with Gasteiger partial charge in [-0.1, -0.05) is 6.07 Å². The molecule has 0 spiro atoms. The van der Waals surface area contributed by atoms with Crippen molar-refractivity contribution in [1.29, 1.82) is 0 Å². The summed E-state index contributed by atoms with van der Waals surface area (Å²) in [5, 5.41) is 23.2. The van der Waals surface area contributed by atoms with Gasteiger partial charge in [-0.05, 0) is 58.0 Å². The van der Waals surface area contributed by atoms with E-state index in [0.29, 0.717) is 11.5 Å². The standard InChI is InChI=1S/C15H24N2O2/c1-11(15-13(18)4-3-5-14(15)19)17(2)10-12-6-8-16-9-7-12/h3-5,11-12,16,18-19H,6-10H2,1-2H3. The Kier molecular flexibility index (Phi) is 4.66. The molecule has 0 aliphatic carbocycles. The fourth-order valence-corrected chi connectivity index (χ4v) is 2.82. The van der Waals surface area contributed by atoms with Crippen molar-refractivity contribution in [2.45, 2.75) is 25.8 Å². The summed E-state index contributed by atoms with van der Waals surface area (Å²) in [4.78, 5) is 2.21. The van der Waals surface area contributed by atoms with Crippen molar-refractivity contribution in [3.63, 3.8) is 0 Å². The topological polar surface area (TPSA) is 55.7 Å². The van der Waals surface area contributed by atoms with Crippen molar-refractivity contribution in [3.05, 3.63) is 23.8 Å². The van der Waals surface area contributed by atoms with E-state index in [9.17, 15) is 10.2 Å². The molecule has 106 valence electrons. The van der Waals surface area contributed by atoms with Gasteiger partial charge in [0, 0.05) is 12.6 Å². The molecule has 1 aliphatic rings. The van der Waals surface area contributed by atoms with Crippen LogP contribution in [0.15, 0.2) is 18.2 Å². The lowest BCUT2D eigenvalue weighted by Crippen LogP contribution is -2.35. The predicted octanol–water partition coefficient (Wildman–Crippen LogP) is 2.09. The maximum atomic E-state index is 9.92. The molecule has 1 aromatic rings. The number of rotatable bonds is 4. The Bertz CT molecular complexity index is 396. The first-order chi connectivity index (χ1) is 9.09. The molecule has 0 aromatic heterocycles. The normalized spacial score (nSPS) is 18.7. The highest BCUT2D eigenvalue weighted by molar-refractivity contribution is 5.44. The molecule has 3 N–H and O–H groups in total. The van der Waals surface area contributed by atoms with Gasteiger partial charge in [0.15, 0.2) is 0 Å². The number of piperidine rings is 1. The highest BCUT2D eigenvalue weighted by Crippen LogP contribution is 2.35. The Morgan fingerprint density at radius 3 is 2.42 bits per heavy atom. The zero-order chi connectivity index (χ0) is 13.8. The lowest BCUT2D eigenvalue weighted by atomic mass is 9.96. The fraction of sp³-hybridized carbons (Fsp3) is 0.600. The monoisotopic (exact) mass is 264 g/mol. The largest absolute Gasteiger partial charge is 0.507 e. The summed E-state index contributed by atoms with van der Waals surface area (Å²) >= 11 is 0. The van der Waals surface area contributed by atoms with E-state index in [1.54, 1.807) is 18.2 Å². The smallest absolute Gasteiger partial charge is 0.124 e. The molecule has 2 rings (SSSR count). The van der Waals surface area contributed by atoms with Gasteiger partial charge in [-0.25, -0.2) is 0 Å². The number of hydrogen-bond donors (Lipinski definition) is 3. The van der Waals surface area contributed by atoms with Gasteiger partial charge in [-0.2, -0.15) is 0 Å². The van der Waals surface area contributed by atoms with E-state index in [1.165, 1.54) is 12.8 Å². The minimum atomic E-state index is 0.0103. The van der Waals surface area contributed by atoms with E-state index in [-0.39, 0.29) is 17.5 Å². The first-order valence-corrected chi connectivity index (χ1v) is 7.01. The van der Waals surface area contributed by atoms with Gasteiger partial charge in [0.25, 0.3) is 0 Å². The van der Waals surface area contributed by atoms with Crippen LogP contribution in [0.3, 0.4) is 0 Å². The lowest BCUT2D eigenvalue weighted by molar-refractivity contribution is 0.192. The third-order valence-electron chi connectivity index (χ3n) is 4.14. The average molecular weight is 264 g/mol. The number of nitrogens with zero attached hydrogens (tertiary/aromatic N) is 1. The van der Waals surface area contributed by atoms with Crippen molar-refractivity contribution >= 4 is 0 Å². The van der Waals surface area contributed by atoms with Gasteiger partial charge in [0.05, 0.1) is 5.56 Å². The van der Waals surface area contributed by atoms with Crippen LogP contribution in [-0.4, -0.2) is 41.8 Å². The number of hydrogen-bond acceptors (Lipinski definition) is 4. The first kappa shape index (κ1) is 14.2. The minimum absolute atomic E-state index is 0.0103. The molecule has 1 unspecified atom stereocenters. The first-order valence-electron chi connectivity index (χ1n) is 7.01. The maximum Gasteiger partial charge on any atom is 0.124 e. The lowest BCUT2D eigenvalue weighted by Gasteiger charge is -2.32. The Morgan fingerprint density at radius 1 is 1.26 bits per heavy atom. The molecule has 0 amide bonds. The second-order valence-corrected chi connectivity index (χ2v) is 5.52. The molecule has 0 radical (unpaired) electrons. The van der Waals surface area contributed by atoms with Crippen molar-refractivity contribution in [1.82, 2.24) is 10.2 Å². The van der Waals surface area contributed by atoms with Crippen LogP contribution in [0.4, 0.5) is 0 Å². The summed E-state index contributed by atoms with van der Waals surface area (Å²) in [6.07, 6.45) is 2.40. The maximum absolute atomic E-state index is 9.92. The number of benzene rings is 1. The summed E-state index contributed by atoms with van der Waals surface area (Å²) in [6, 6.07) is 4.93. The molecule has 1 fully saturated rings. The average Bonchev–Trinajstić information content (AvgIpc) is 2.39. The Labute approximate surface area is 115 Å². The predicted molar refractivity (Wildman–Crippen MR) is 76.4 cm³/mol. The fourth-order valence-electron chi connectivity index (χ4n) is 2.82.